The van der Waals surface area contributed by atoms with Gasteiger partial charge in [-0.05, 0) is 47.9 Å². The molecule has 90 valence electrons. The number of carbonyl (C=O) groups is 1. The lowest BCUT2D eigenvalue weighted by Crippen LogP contribution is -2.01. The van der Waals surface area contributed by atoms with Crippen LogP contribution in [0.4, 0.5) is 5.69 Å². The van der Waals surface area contributed by atoms with Crippen LogP contribution in [0.1, 0.15) is 21.5 Å². The van der Waals surface area contributed by atoms with E-state index in [4.69, 9.17) is 10.5 Å². The molecule has 0 radical (unpaired) electrons. The zero-order valence-electron chi connectivity index (χ0n) is 10.3. The second kappa shape index (κ2) is 3.60. The summed E-state index contributed by atoms with van der Waals surface area (Å²) in [5, 5.41) is 0. The minimum atomic E-state index is -0.0172. The van der Waals surface area contributed by atoms with Gasteiger partial charge in [0.15, 0.2) is 5.78 Å². The van der Waals surface area contributed by atoms with Crippen LogP contribution in [-0.4, -0.2) is 12.9 Å². The van der Waals surface area contributed by atoms with Gasteiger partial charge in [-0.1, -0.05) is 6.07 Å². The average molecular weight is 239 g/mol. The zero-order valence-corrected chi connectivity index (χ0v) is 10.3. The molecular weight excluding hydrogens is 226 g/mol. The fraction of sp³-hybridized carbons (Fsp3) is 0.133. The summed E-state index contributed by atoms with van der Waals surface area (Å²) in [6, 6.07) is 9.38. The van der Waals surface area contributed by atoms with E-state index in [0.717, 1.165) is 16.7 Å². The molecule has 0 atom stereocenters. The number of rotatable bonds is 1. The molecule has 0 saturated heterocycles. The standard InChI is InChI=1S/C15H13NO2/c1-8-5-11-10-4-3-9(18-2)7-12(10)15(17)14(11)13(16)6-8/h3-7H,16H2,1-2H3. The molecule has 3 nitrogen and oxygen atoms in total. The number of nitrogens with two attached hydrogens (primary N) is 1. The van der Waals surface area contributed by atoms with E-state index < -0.39 is 0 Å². The number of ketones is 1. The van der Waals surface area contributed by atoms with Crippen LogP contribution < -0.4 is 10.5 Å². The molecule has 0 amide bonds. The number of ether oxygens (including phenoxy) is 1. The SMILES string of the molecule is COc1ccc2c(c1)C(=O)c1c(N)cc(C)cc1-2. The summed E-state index contributed by atoms with van der Waals surface area (Å²) in [6.45, 7) is 1.97. The monoisotopic (exact) mass is 239 g/mol. The molecule has 2 aromatic carbocycles. The van der Waals surface area contributed by atoms with Crippen molar-refractivity contribution in [3.8, 4) is 16.9 Å². The first-order valence-electron chi connectivity index (χ1n) is 5.75. The van der Waals surface area contributed by atoms with Crippen molar-refractivity contribution < 1.29 is 9.53 Å². The van der Waals surface area contributed by atoms with E-state index in [9.17, 15) is 4.79 Å². The number of hydrogen-bond donors (Lipinski definition) is 1. The zero-order chi connectivity index (χ0) is 12.9. The summed E-state index contributed by atoms with van der Waals surface area (Å²) < 4.78 is 5.16. The van der Waals surface area contributed by atoms with Crippen LogP contribution in [0.3, 0.4) is 0 Å². The Morgan fingerprint density at radius 2 is 1.83 bits per heavy atom. The van der Waals surface area contributed by atoms with Gasteiger partial charge in [-0.15, -0.1) is 0 Å². The van der Waals surface area contributed by atoms with Crippen molar-refractivity contribution in [1.82, 2.24) is 0 Å². The molecule has 18 heavy (non-hydrogen) atoms. The number of anilines is 1. The Hall–Kier alpha value is -2.29. The van der Waals surface area contributed by atoms with Crippen molar-refractivity contribution in [1.29, 1.82) is 0 Å². The van der Waals surface area contributed by atoms with Crippen molar-refractivity contribution >= 4 is 11.5 Å². The molecule has 3 heteroatoms. The number of methoxy groups -OCH3 is 1. The number of fused-ring (bicyclic) bond motifs is 3. The first-order valence-corrected chi connectivity index (χ1v) is 5.75. The largest absolute Gasteiger partial charge is 0.497 e. The summed E-state index contributed by atoms with van der Waals surface area (Å²) in [5.74, 6) is 0.668. The predicted octanol–water partition coefficient (Wildman–Crippen LogP) is 2.80. The number of benzene rings is 2. The van der Waals surface area contributed by atoms with E-state index in [1.807, 2.05) is 31.2 Å². The Kier molecular flexibility index (Phi) is 2.17. The van der Waals surface area contributed by atoms with E-state index in [1.165, 1.54) is 0 Å². The second-order valence-electron chi connectivity index (χ2n) is 4.52. The number of nitrogen functional groups attached to an aromatic ring is 1. The van der Waals surface area contributed by atoms with Crippen molar-refractivity contribution in [2.75, 3.05) is 12.8 Å². The smallest absolute Gasteiger partial charge is 0.196 e. The van der Waals surface area contributed by atoms with Crippen LogP contribution in [0, 0.1) is 6.92 Å². The first kappa shape index (κ1) is 10.8. The minimum Gasteiger partial charge on any atom is -0.497 e. The molecule has 2 N–H and O–H groups in total. The van der Waals surface area contributed by atoms with Crippen LogP contribution in [0.25, 0.3) is 11.1 Å². The van der Waals surface area contributed by atoms with Gasteiger partial charge in [0, 0.05) is 11.3 Å². The van der Waals surface area contributed by atoms with Gasteiger partial charge in [0.1, 0.15) is 5.75 Å². The van der Waals surface area contributed by atoms with E-state index >= 15 is 0 Å². The Morgan fingerprint density at radius 3 is 2.56 bits per heavy atom. The molecule has 0 saturated carbocycles. The van der Waals surface area contributed by atoms with Crippen LogP contribution in [-0.2, 0) is 0 Å². The van der Waals surface area contributed by atoms with Gasteiger partial charge < -0.3 is 10.5 Å². The summed E-state index contributed by atoms with van der Waals surface area (Å²) in [6.07, 6.45) is 0. The quantitative estimate of drug-likeness (QED) is 0.664. The van der Waals surface area contributed by atoms with Gasteiger partial charge >= 0.3 is 0 Å². The molecule has 0 unspecified atom stereocenters. The maximum Gasteiger partial charge on any atom is 0.196 e. The average Bonchev–Trinajstić information content (AvgIpc) is 2.62. The van der Waals surface area contributed by atoms with Crippen molar-refractivity contribution in [3.63, 3.8) is 0 Å². The highest BCUT2D eigenvalue weighted by molar-refractivity contribution is 6.24. The van der Waals surface area contributed by atoms with Crippen molar-refractivity contribution in [2.24, 2.45) is 0 Å². The third kappa shape index (κ3) is 1.34. The van der Waals surface area contributed by atoms with Gasteiger partial charge in [0.2, 0.25) is 0 Å². The number of aryl methyl sites for hydroxylation is 1. The fourth-order valence-corrected chi connectivity index (χ4v) is 2.49. The van der Waals surface area contributed by atoms with Gasteiger partial charge in [0.05, 0.1) is 12.7 Å². The highest BCUT2D eigenvalue weighted by atomic mass is 16.5. The van der Waals surface area contributed by atoms with E-state index in [-0.39, 0.29) is 5.78 Å². The number of carbonyl (C=O) groups excluding carboxylic acids is 1. The minimum absolute atomic E-state index is 0.0172. The molecule has 0 bridgehead atoms. The molecule has 1 aliphatic carbocycles. The molecule has 0 heterocycles. The molecule has 0 spiro atoms. The van der Waals surface area contributed by atoms with Gasteiger partial charge in [-0.2, -0.15) is 0 Å². The fourth-order valence-electron chi connectivity index (χ4n) is 2.49. The molecular formula is C15H13NO2. The Labute approximate surface area is 105 Å². The Bertz CT molecular complexity index is 674. The van der Waals surface area contributed by atoms with Crippen LogP contribution in [0.2, 0.25) is 0 Å². The van der Waals surface area contributed by atoms with Gasteiger partial charge in [-0.25, -0.2) is 0 Å². The molecule has 0 fully saturated rings. The number of hydrogen-bond acceptors (Lipinski definition) is 3. The molecule has 0 aliphatic heterocycles. The Morgan fingerprint density at radius 1 is 1.06 bits per heavy atom. The van der Waals surface area contributed by atoms with Crippen molar-refractivity contribution in [3.05, 3.63) is 47.0 Å². The van der Waals surface area contributed by atoms with E-state index in [0.29, 0.717) is 22.6 Å². The van der Waals surface area contributed by atoms with Crippen LogP contribution in [0.5, 0.6) is 5.75 Å². The van der Waals surface area contributed by atoms with Gasteiger partial charge in [0.25, 0.3) is 0 Å². The first-order chi connectivity index (χ1) is 8.61. The maximum atomic E-state index is 12.4. The topological polar surface area (TPSA) is 52.3 Å². The highest BCUT2D eigenvalue weighted by Crippen LogP contribution is 2.41. The van der Waals surface area contributed by atoms with E-state index in [2.05, 4.69) is 0 Å². The third-order valence-corrected chi connectivity index (χ3v) is 3.30. The maximum absolute atomic E-state index is 12.4. The summed E-state index contributed by atoms with van der Waals surface area (Å²) in [7, 11) is 1.59. The summed E-state index contributed by atoms with van der Waals surface area (Å²) in [5.41, 5.74) is 10.7. The van der Waals surface area contributed by atoms with Crippen LogP contribution in [0.15, 0.2) is 30.3 Å². The third-order valence-electron chi connectivity index (χ3n) is 3.30. The molecule has 2 aromatic rings. The lowest BCUT2D eigenvalue weighted by molar-refractivity contribution is 0.104. The van der Waals surface area contributed by atoms with Crippen molar-refractivity contribution in [2.45, 2.75) is 6.92 Å². The second-order valence-corrected chi connectivity index (χ2v) is 4.52. The van der Waals surface area contributed by atoms with Gasteiger partial charge in [-0.3, -0.25) is 4.79 Å². The summed E-state index contributed by atoms with van der Waals surface area (Å²) >= 11 is 0. The highest BCUT2D eigenvalue weighted by Gasteiger charge is 2.29. The lowest BCUT2D eigenvalue weighted by Gasteiger charge is -2.05. The Balaban J connectivity index is 2.32. The molecule has 3 rings (SSSR count). The van der Waals surface area contributed by atoms with Crippen LogP contribution >= 0.6 is 0 Å². The van der Waals surface area contributed by atoms with E-state index in [1.54, 1.807) is 13.2 Å². The normalized spacial score (nSPS) is 12.2. The molecule has 1 aliphatic rings. The summed E-state index contributed by atoms with van der Waals surface area (Å²) in [4.78, 5) is 12.4. The molecule has 0 aromatic heterocycles. The lowest BCUT2D eigenvalue weighted by atomic mass is 10.0. The predicted molar refractivity (Wildman–Crippen MR) is 71.0 cm³/mol.